The van der Waals surface area contributed by atoms with Gasteiger partial charge in [-0.25, -0.2) is 0 Å². The van der Waals surface area contributed by atoms with Crippen LogP contribution >= 0.6 is 0 Å². The summed E-state index contributed by atoms with van der Waals surface area (Å²) in [5.74, 6) is 0.785. The molecule has 1 N–H and O–H groups in total. The topological polar surface area (TPSA) is 78.2 Å². The summed E-state index contributed by atoms with van der Waals surface area (Å²) in [5.41, 5.74) is 9.33. The minimum atomic E-state index is -0.321. The summed E-state index contributed by atoms with van der Waals surface area (Å²) in [6.45, 7) is 3.92. The zero-order valence-electron chi connectivity index (χ0n) is 10.1. The van der Waals surface area contributed by atoms with Gasteiger partial charge in [0.05, 0.1) is 12.1 Å². The Morgan fingerprint density at radius 3 is 2.47 bits per heavy atom. The normalized spacial score (nSPS) is 12.0. The predicted octanol–water partition coefficient (Wildman–Crippen LogP) is 3.21. The fourth-order valence-corrected chi connectivity index (χ4v) is 1.52. The average molecular weight is 235 g/mol. The predicted molar refractivity (Wildman–Crippen MR) is 65.8 cm³/mol. The highest BCUT2D eigenvalue weighted by atomic mass is 16.5. The number of hydrogen-bond donors (Lipinski definition) is 1. The summed E-state index contributed by atoms with van der Waals surface area (Å²) >= 11 is 0. The Bertz CT molecular complexity index is 383. The van der Waals surface area contributed by atoms with Gasteiger partial charge in [0.15, 0.2) is 0 Å². The number of benzene rings is 1. The largest absolute Gasteiger partial charge is 0.491 e. The standard InChI is InChI=1S/C12H17N3O2/c1-9(2)17-11-5-3-10(4-6-11)12(7-8-16)14-15-13/h3-6,9,12,16H,7-8H2,1-2H3. The highest BCUT2D eigenvalue weighted by Gasteiger charge is 2.09. The molecule has 0 radical (unpaired) electrons. The summed E-state index contributed by atoms with van der Waals surface area (Å²) < 4.78 is 5.52. The number of aliphatic hydroxyl groups is 1. The van der Waals surface area contributed by atoms with Crippen molar-refractivity contribution < 1.29 is 9.84 Å². The van der Waals surface area contributed by atoms with E-state index in [9.17, 15) is 0 Å². The lowest BCUT2D eigenvalue weighted by Gasteiger charge is -2.12. The van der Waals surface area contributed by atoms with Crippen LogP contribution in [0.25, 0.3) is 10.4 Å². The lowest BCUT2D eigenvalue weighted by molar-refractivity contribution is 0.242. The van der Waals surface area contributed by atoms with Crippen LogP contribution in [0.15, 0.2) is 29.4 Å². The van der Waals surface area contributed by atoms with Gasteiger partial charge in [0, 0.05) is 11.5 Å². The Morgan fingerprint density at radius 1 is 1.35 bits per heavy atom. The first-order valence-electron chi connectivity index (χ1n) is 5.59. The Morgan fingerprint density at radius 2 is 2.00 bits per heavy atom. The summed E-state index contributed by atoms with van der Waals surface area (Å²) in [6, 6.07) is 7.07. The molecule has 5 nitrogen and oxygen atoms in total. The number of aliphatic hydroxyl groups excluding tert-OH is 1. The van der Waals surface area contributed by atoms with Gasteiger partial charge < -0.3 is 9.84 Å². The van der Waals surface area contributed by atoms with E-state index in [1.165, 1.54) is 0 Å². The highest BCUT2D eigenvalue weighted by Crippen LogP contribution is 2.24. The molecular formula is C12H17N3O2. The van der Waals surface area contributed by atoms with Crippen molar-refractivity contribution in [1.29, 1.82) is 0 Å². The molecule has 0 fully saturated rings. The van der Waals surface area contributed by atoms with Gasteiger partial charge in [-0.05, 0) is 43.5 Å². The van der Waals surface area contributed by atoms with Crippen LogP contribution in [0, 0.1) is 0 Å². The zero-order chi connectivity index (χ0) is 12.7. The van der Waals surface area contributed by atoms with E-state index in [0.29, 0.717) is 6.42 Å². The van der Waals surface area contributed by atoms with Crippen LogP contribution in [0.2, 0.25) is 0 Å². The number of azide groups is 1. The van der Waals surface area contributed by atoms with Crippen LogP contribution < -0.4 is 4.74 Å². The molecule has 0 aliphatic rings. The molecule has 0 spiro atoms. The van der Waals surface area contributed by atoms with E-state index >= 15 is 0 Å². The SMILES string of the molecule is CC(C)Oc1ccc(C(CCO)N=[N+]=[N-])cc1. The molecule has 1 atom stereocenters. The Kier molecular flexibility index (Phi) is 5.33. The van der Waals surface area contributed by atoms with E-state index in [-0.39, 0.29) is 18.8 Å². The fourth-order valence-electron chi connectivity index (χ4n) is 1.52. The molecule has 5 heteroatoms. The van der Waals surface area contributed by atoms with E-state index in [1.54, 1.807) is 0 Å². The van der Waals surface area contributed by atoms with Crippen LogP contribution in [0.5, 0.6) is 5.75 Å². The Balaban J connectivity index is 2.80. The molecule has 1 aromatic rings. The maximum Gasteiger partial charge on any atom is 0.119 e. The minimum absolute atomic E-state index is 0.00602. The molecule has 1 rings (SSSR count). The number of hydrogen-bond acceptors (Lipinski definition) is 3. The lowest BCUT2D eigenvalue weighted by Crippen LogP contribution is -2.05. The molecule has 0 heterocycles. The molecule has 0 saturated heterocycles. The van der Waals surface area contributed by atoms with Crippen molar-refractivity contribution in [1.82, 2.24) is 0 Å². The molecule has 0 aliphatic carbocycles. The third-order valence-electron chi connectivity index (χ3n) is 2.23. The van der Waals surface area contributed by atoms with E-state index in [4.69, 9.17) is 15.4 Å². The van der Waals surface area contributed by atoms with Gasteiger partial charge >= 0.3 is 0 Å². The molecule has 1 unspecified atom stereocenters. The van der Waals surface area contributed by atoms with Gasteiger partial charge in [0.25, 0.3) is 0 Å². The molecule has 92 valence electrons. The van der Waals surface area contributed by atoms with Gasteiger partial charge in [0.1, 0.15) is 5.75 Å². The van der Waals surface area contributed by atoms with Gasteiger partial charge in [-0.2, -0.15) is 0 Å². The first kappa shape index (κ1) is 13.4. The number of rotatable bonds is 6. The molecule has 0 amide bonds. The van der Waals surface area contributed by atoms with Crippen molar-refractivity contribution in [3.8, 4) is 5.75 Å². The van der Waals surface area contributed by atoms with Gasteiger partial charge in [-0.3, -0.25) is 0 Å². The van der Waals surface area contributed by atoms with Crippen molar-refractivity contribution in [2.24, 2.45) is 5.11 Å². The molecule has 17 heavy (non-hydrogen) atoms. The molecule has 0 bridgehead atoms. The molecule has 0 aliphatic heterocycles. The van der Waals surface area contributed by atoms with Crippen molar-refractivity contribution >= 4 is 0 Å². The minimum Gasteiger partial charge on any atom is -0.491 e. The average Bonchev–Trinajstić information content (AvgIpc) is 2.29. The van der Waals surface area contributed by atoms with Crippen LogP contribution in [-0.2, 0) is 0 Å². The van der Waals surface area contributed by atoms with E-state index in [1.807, 2.05) is 38.1 Å². The third kappa shape index (κ3) is 4.34. The second-order valence-electron chi connectivity index (χ2n) is 3.97. The van der Waals surface area contributed by atoms with Gasteiger partial charge in [-0.1, -0.05) is 17.2 Å². The summed E-state index contributed by atoms with van der Waals surface area (Å²) in [5, 5.41) is 12.5. The third-order valence-corrected chi connectivity index (χ3v) is 2.23. The highest BCUT2D eigenvalue weighted by molar-refractivity contribution is 5.29. The quantitative estimate of drug-likeness (QED) is 0.467. The first-order valence-corrected chi connectivity index (χ1v) is 5.59. The van der Waals surface area contributed by atoms with Gasteiger partial charge in [0.2, 0.25) is 0 Å². The van der Waals surface area contributed by atoms with Crippen LogP contribution in [0.3, 0.4) is 0 Å². The smallest absolute Gasteiger partial charge is 0.119 e. The van der Waals surface area contributed by atoms with Crippen molar-refractivity contribution in [3.63, 3.8) is 0 Å². The van der Waals surface area contributed by atoms with Crippen LogP contribution in [0.4, 0.5) is 0 Å². The Labute approximate surface area is 101 Å². The van der Waals surface area contributed by atoms with E-state index in [0.717, 1.165) is 11.3 Å². The van der Waals surface area contributed by atoms with Gasteiger partial charge in [-0.15, -0.1) is 0 Å². The number of ether oxygens (including phenoxy) is 1. The number of nitrogens with zero attached hydrogens (tertiary/aromatic N) is 3. The summed E-state index contributed by atoms with van der Waals surface area (Å²) in [6.07, 6.45) is 0.556. The molecule has 0 saturated carbocycles. The van der Waals surface area contributed by atoms with Crippen molar-refractivity contribution in [3.05, 3.63) is 40.3 Å². The van der Waals surface area contributed by atoms with Crippen LogP contribution in [-0.4, -0.2) is 17.8 Å². The molecular weight excluding hydrogens is 218 g/mol. The fraction of sp³-hybridized carbons (Fsp3) is 0.500. The van der Waals surface area contributed by atoms with Crippen LogP contribution in [0.1, 0.15) is 31.9 Å². The molecule has 0 aromatic heterocycles. The monoisotopic (exact) mass is 235 g/mol. The first-order chi connectivity index (χ1) is 8.17. The Hall–Kier alpha value is -1.71. The van der Waals surface area contributed by atoms with Crippen molar-refractivity contribution in [2.45, 2.75) is 32.4 Å². The lowest BCUT2D eigenvalue weighted by atomic mass is 10.1. The second kappa shape index (κ2) is 6.78. The maximum atomic E-state index is 8.89. The zero-order valence-corrected chi connectivity index (χ0v) is 10.1. The van der Waals surface area contributed by atoms with E-state index in [2.05, 4.69) is 10.0 Å². The summed E-state index contributed by atoms with van der Waals surface area (Å²) in [7, 11) is 0. The van der Waals surface area contributed by atoms with E-state index < -0.39 is 0 Å². The van der Waals surface area contributed by atoms with Crippen molar-refractivity contribution in [2.75, 3.05) is 6.61 Å². The summed E-state index contributed by atoms with van der Waals surface area (Å²) in [4.78, 5) is 2.78. The second-order valence-corrected chi connectivity index (χ2v) is 3.97. The maximum absolute atomic E-state index is 8.89. The molecule has 1 aromatic carbocycles.